The highest BCUT2D eigenvalue weighted by Crippen LogP contribution is 2.32. The lowest BCUT2D eigenvalue weighted by Gasteiger charge is -2.37. The van der Waals surface area contributed by atoms with Gasteiger partial charge in [-0.15, -0.1) is 0 Å². The molecule has 3 rings (SSSR count). The SMILES string of the molecule is COc1ccc(Cl)cc1S(=O)(=O)N1CC(Oc2nccs2)C1. The number of ether oxygens (including phenoxy) is 2. The second kappa shape index (κ2) is 6.04. The second-order valence-corrected chi connectivity index (χ2v) is 7.85. The third-order valence-corrected chi connectivity index (χ3v) is 5.98. The minimum atomic E-state index is -3.65. The van der Waals surface area contributed by atoms with Gasteiger partial charge in [-0.1, -0.05) is 22.9 Å². The molecule has 1 fully saturated rings. The third-order valence-electron chi connectivity index (χ3n) is 3.24. The van der Waals surface area contributed by atoms with Gasteiger partial charge in [0, 0.05) is 16.6 Å². The highest BCUT2D eigenvalue weighted by atomic mass is 35.5. The van der Waals surface area contributed by atoms with Crippen molar-refractivity contribution in [1.29, 1.82) is 0 Å². The second-order valence-electron chi connectivity index (χ2n) is 4.66. The summed E-state index contributed by atoms with van der Waals surface area (Å²) in [6, 6.07) is 4.52. The summed E-state index contributed by atoms with van der Waals surface area (Å²) >= 11 is 7.27. The van der Waals surface area contributed by atoms with E-state index in [-0.39, 0.29) is 29.8 Å². The van der Waals surface area contributed by atoms with Crippen LogP contribution in [0.15, 0.2) is 34.7 Å². The molecule has 118 valence electrons. The maximum atomic E-state index is 12.6. The van der Waals surface area contributed by atoms with Gasteiger partial charge in [-0.3, -0.25) is 0 Å². The standard InChI is InChI=1S/C13H13ClN2O4S2/c1-19-11-3-2-9(14)6-12(11)22(17,18)16-7-10(8-16)20-13-15-4-5-21-13/h2-6,10H,7-8H2,1H3. The number of sulfonamides is 1. The van der Waals surface area contributed by atoms with E-state index in [0.717, 1.165) is 0 Å². The molecule has 22 heavy (non-hydrogen) atoms. The van der Waals surface area contributed by atoms with E-state index in [1.54, 1.807) is 23.7 Å². The van der Waals surface area contributed by atoms with E-state index in [1.165, 1.54) is 28.8 Å². The molecule has 0 radical (unpaired) electrons. The lowest BCUT2D eigenvalue weighted by atomic mass is 10.2. The summed E-state index contributed by atoms with van der Waals surface area (Å²) in [6.45, 7) is 0.551. The quantitative estimate of drug-likeness (QED) is 0.818. The van der Waals surface area contributed by atoms with Crippen LogP contribution >= 0.6 is 22.9 Å². The Morgan fingerprint density at radius 3 is 2.82 bits per heavy atom. The molecule has 1 aromatic heterocycles. The number of aromatic nitrogens is 1. The summed E-state index contributed by atoms with van der Waals surface area (Å²) in [5, 5.41) is 2.69. The van der Waals surface area contributed by atoms with Crippen LogP contribution in [0.4, 0.5) is 0 Å². The molecule has 1 aromatic carbocycles. The summed E-state index contributed by atoms with van der Waals surface area (Å²) in [5.41, 5.74) is 0. The zero-order valence-corrected chi connectivity index (χ0v) is 14.0. The van der Waals surface area contributed by atoms with Gasteiger partial charge in [0.15, 0.2) is 0 Å². The van der Waals surface area contributed by atoms with Gasteiger partial charge in [0.1, 0.15) is 16.7 Å². The lowest BCUT2D eigenvalue weighted by molar-refractivity contribution is 0.0758. The first-order chi connectivity index (χ1) is 10.5. The Balaban J connectivity index is 1.74. The van der Waals surface area contributed by atoms with Gasteiger partial charge < -0.3 is 9.47 Å². The normalized spacial score (nSPS) is 16.3. The third kappa shape index (κ3) is 2.91. The molecule has 0 amide bonds. The number of nitrogens with zero attached hydrogens (tertiary/aromatic N) is 2. The van der Waals surface area contributed by atoms with Gasteiger partial charge >= 0.3 is 0 Å². The fraction of sp³-hybridized carbons (Fsp3) is 0.308. The van der Waals surface area contributed by atoms with Crippen molar-refractivity contribution < 1.29 is 17.9 Å². The highest BCUT2D eigenvalue weighted by molar-refractivity contribution is 7.89. The fourth-order valence-corrected chi connectivity index (χ4v) is 4.55. The maximum Gasteiger partial charge on any atom is 0.273 e. The van der Waals surface area contributed by atoms with Gasteiger partial charge in [0.2, 0.25) is 10.0 Å². The predicted octanol–water partition coefficient (Wildman–Crippen LogP) is 2.26. The zero-order chi connectivity index (χ0) is 15.7. The molecule has 0 spiro atoms. The van der Waals surface area contributed by atoms with Crippen LogP contribution in [0.25, 0.3) is 0 Å². The molecule has 0 bridgehead atoms. The van der Waals surface area contributed by atoms with Crippen LogP contribution in [-0.4, -0.2) is 44.0 Å². The summed E-state index contributed by atoms with van der Waals surface area (Å²) < 4.78 is 37.2. The number of methoxy groups -OCH3 is 1. The van der Waals surface area contributed by atoms with E-state index in [4.69, 9.17) is 21.1 Å². The first kappa shape index (κ1) is 15.5. The molecular formula is C13H13ClN2O4S2. The summed E-state index contributed by atoms with van der Waals surface area (Å²) in [7, 11) is -2.23. The molecule has 6 nitrogen and oxygen atoms in total. The molecule has 0 saturated carbocycles. The minimum absolute atomic E-state index is 0.0650. The monoisotopic (exact) mass is 360 g/mol. The number of hydrogen-bond donors (Lipinski definition) is 0. The van der Waals surface area contributed by atoms with Crippen molar-refractivity contribution >= 4 is 33.0 Å². The Hall–Kier alpha value is -1.35. The Bertz CT molecular complexity index is 758. The number of rotatable bonds is 5. The van der Waals surface area contributed by atoms with E-state index < -0.39 is 10.0 Å². The van der Waals surface area contributed by atoms with Crippen LogP contribution in [0.5, 0.6) is 10.9 Å². The van der Waals surface area contributed by atoms with Crippen molar-refractivity contribution in [3.63, 3.8) is 0 Å². The van der Waals surface area contributed by atoms with Crippen molar-refractivity contribution in [3.05, 3.63) is 34.8 Å². The molecule has 0 aliphatic carbocycles. The average Bonchev–Trinajstić information content (AvgIpc) is 2.95. The van der Waals surface area contributed by atoms with Gasteiger partial charge in [0.05, 0.1) is 20.2 Å². The molecule has 2 aromatic rings. The smallest absolute Gasteiger partial charge is 0.273 e. The maximum absolute atomic E-state index is 12.6. The van der Waals surface area contributed by atoms with E-state index in [1.807, 2.05) is 0 Å². The molecule has 1 aliphatic rings. The van der Waals surface area contributed by atoms with Crippen molar-refractivity contribution in [2.45, 2.75) is 11.0 Å². The van der Waals surface area contributed by atoms with E-state index >= 15 is 0 Å². The van der Waals surface area contributed by atoms with E-state index in [9.17, 15) is 8.42 Å². The number of halogens is 1. The van der Waals surface area contributed by atoms with Crippen LogP contribution in [-0.2, 0) is 10.0 Å². The Morgan fingerprint density at radius 1 is 1.41 bits per heavy atom. The number of hydrogen-bond acceptors (Lipinski definition) is 6. The van der Waals surface area contributed by atoms with Gasteiger partial charge in [-0.2, -0.15) is 4.31 Å². The lowest BCUT2D eigenvalue weighted by Crippen LogP contribution is -2.55. The van der Waals surface area contributed by atoms with Crippen LogP contribution in [0.2, 0.25) is 5.02 Å². The van der Waals surface area contributed by atoms with Gasteiger partial charge in [-0.25, -0.2) is 13.4 Å². The Kier molecular flexibility index (Phi) is 4.26. The average molecular weight is 361 g/mol. The van der Waals surface area contributed by atoms with Gasteiger partial charge in [0.25, 0.3) is 5.19 Å². The number of benzene rings is 1. The molecule has 0 atom stereocenters. The molecule has 1 aliphatic heterocycles. The summed E-state index contributed by atoms with van der Waals surface area (Å²) in [6.07, 6.45) is 1.45. The molecule has 1 saturated heterocycles. The van der Waals surface area contributed by atoms with Crippen molar-refractivity contribution in [2.24, 2.45) is 0 Å². The zero-order valence-electron chi connectivity index (χ0n) is 11.6. The van der Waals surface area contributed by atoms with Crippen molar-refractivity contribution in [2.75, 3.05) is 20.2 Å². The fourth-order valence-electron chi connectivity index (χ4n) is 2.07. The van der Waals surface area contributed by atoms with Crippen LogP contribution < -0.4 is 9.47 Å². The predicted molar refractivity (Wildman–Crippen MR) is 83.3 cm³/mol. The highest BCUT2D eigenvalue weighted by Gasteiger charge is 2.39. The Labute approximate surface area is 137 Å². The molecule has 9 heteroatoms. The molecular weight excluding hydrogens is 348 g/mol. The Morgan fingerprint density at radius 2 is 2.18 bits per heavy atom. The largest absolute Gasteiger partial charge is 0.495 e. The topological polar surface area (TPSA) is 68.7 Å². The number of thiazole rings is 1. The van der Waals surface area contributed by atoms with Crippen LogP contribution in [0.3, 0.4) is 0 Å². The van der Waals surface area contributed by atoms with E-state index in [2.05, 4.69) is 4.98 Å². The summed E-state index contributed by atoms with van der Waals surface area (Å²) in [4.78, 5) is 4.08. The van der Waals surface area contributed by atoms with Crippen molar-refractivity contribution in [3.8, 4) is 10.9 Å². The summed E-state index contributed by atoms with van der Waals surface area (Å²) in [5.74, 6) is 0.272. The van der Waals surface area contributed by atoms with Crippen molar-refractivity contribution in [1.82, 2.24) is 9.29 Å². The molecule has 2 heterocycles. The first-order valence-electron chi connectivity index (χ1n) is 6.40. The molecule has 0 N–H and O–H groups in total. The van der Waals surface area contributed by atoms with Gasteiger partial charge in [-0.05, 0) is 18.2 Å². The van der Waals surface area contributed by atoms with Crippen LogP contribution in [0, 0.1) is 0 Å². The van der Waals surface area contributed by atoms with E-state index in [0.29, 0.717) is 10.2 Å². The minimum Gasteiger partial charge on any atom is -0.495 e. The molecule has 0 unspecified atom stereocenters. The van der Waals surface area contributed by atoms with Crippen LogP contribution in [0.1, 0.15) is 0 Å². The first-order valence-corrected chi connectivity index (χ1v) is 9.10.